The van der Waals surface area contributed by atoms with Crippen LogP contribution in [0.25, 0.3) is 0 Å². The van der Waals surface area contributed by atoms with E-state index in [2.05, 4.69) is 36.8 Å². The number of halogens is 1. The van der Waals surface area contributed by atoms with Gasteiger partial charge in [0.05, 0.1) is 24.0 Å². The molecule has 0 unspecified atom stereocenters. The molecule has 3 rings (SSSR count). The van der Waals surface area contributed by atoms with E-state index in [0.717, 1.165) is 28.4 Å². The Kier molecular flexibility index (Phi) is 4.09. The van der Waals surface area contributed by atoms with Crippen LogP contribution < -0.4 is 0 Å². The fraction of sp³-hybridized carbons (Fsp3) is 0.308. The van der Waals surface area contributed by atoms with Crippen molar-refractivity contribution >= 4 is 45.3 Å². The molecule has 0 saturated heterocycles. The molecule has 1 aromatic carbocycles. The maximum absolute atomic E-state index is 12.4. The van der Waals surface area contributed by atoms with Crippen LogP contribution in [-0.4, -0.2) is 32.4 Å². The Morgan fingerprint density at radius 2 is 2.35 bits per heavy atom. The van der Waals surface area contributed by atoms with Gasteiger partial charge in [-0.25, -0.2) is 0 Å². The number of fused-ring (bicyclic) bond motifs is 1. The number of nitrogens with zero attached hydrogens (tertiary/aromatic N) is 3. The van der Waals surface area contributed by atoms with Crippen LogP contribution in [0, 0.1) is 0 Å². The molecule has 4 nitrogen and oxygen atoms in total. The average molecular weight is 370 g/mol. The third-order valence-electron chi connectivity index (χ3n) is 3.35. The first kappa shape index (κ1) is 14.0. The second kappa shape index (κ2) is 5.83. The van der Waals surface area contributed by atoms with Gasteiger partial charge in [-0.05, 0) is 30.2 Å². The number of hydrogen-bond acceptors (Lipinski definition) is 5. The number of thioether (sulfide) groups is 1. The van der Waals surface area contributed by atoms with E-state index in [0.29, 0.717) is 5.69 Å². The van der Waals surface area contributed by atoms with E-state index in [-0.39, 0.29) is 11.9 Å². The van der Waals surface area contributed by atoms with Gasteiger partial charge < -0.3 is 4.90 Å². The van der Waals surface area contributed by atoms with Gasteiger partial charge in [0.1, 0.15) is 0 Å². The molecule has 1 aliphatic rings. The predicted molar refractivity (Wildman–Crippen MR) is 84.2 cm³/mol. The van der Waals surface area contributed by atoms with Gasteiger partial charge in [-0.3, -0.25) is 4.79 Å². The van der Waals surface area contributed by atoms with Gasteiger partial charge in [0.2, 0.25) is 0 Å². The first-order chi connectivity index (χ1) is 9.66. The second-order valence-corrected chi connectivity index (χ2v) is 7.15. The molecule has 2 heterocycles. The highest BCUT2D eigenvalue weighted by Crippen LogP contribution is 2.40. The van der Waals surface area contributed by atoms with Crippen molar-refractivity contribution in [3.63, 3.8) is 0 Å². The van der Waals surface area contributed by atoms with Crippen LogP contribution in [0.15, 0.2) is 33.8 Å². The summed E-state index contributed by atoms with van der Waals surface area (Å²) in [7, 11) is 1.84. The Morgan fingerprint density at radius 1 is 1.50 bits per heavy atom. The summed E-state index contributed by atoms with van der Waals surface area (Å²) in [5, 5.41) is 0. The van der Waals surface area contributed by atoms with E-state index in [1.807, 2.05) is 24.9 Å². The molecule has 0 aliphatic carbocycles. The molecular weight excluding hydrogens is 358 g/mol. The summed E-state index contributed by atoms with van der Waals surface area (Å²) < 4.78 is 8.97. The molecule has 7 heteroatoms. The highest BCUT2D eigenvalue weighted by atomic mass is 79.9. The lowest BCUT2D eigenvalue weighted by molar-refractivity contribution is 0.0719. The minimum Gasteiger partial charge on any atom is -0.333 e. The van der Waals surface area contributed by atoms with E-state index in [1.54, 1.807) is 4.90 Å². The summed E-state index contributed by atoms with van der Waals surface area (Å²) in [6, 6.07) is 6.35. The van der Waals surface area contributed by atoms with Crippen molar-refractivity contribution in [2.24, 2.45) is 0 Å². The number of aromatic nitrogens is 2. The molecule has 104 valence electrons. The standard InChI is InChI=1S/C13H12BrN3OS2/c1-17(13(18)10-7-15-20-16-10)11-4-5-19-12-3-2-8(14)6-9(11)12/h2-3,6-7,11H,4-5H2,1H3/t11-/m1/s1. The number of carbonyl (C=O) groups is 1. The SMILES string of the molecule is CN(C(=O)c1cnsn1)[C@@H]1CCSc2ccc(Br)cc21. The van der Waals surface area contributed by atoms with E-state index in [4.69, 9.17) is 0 Å². The van der Waals surface area contributed by atoms with Crippen molar-refractivity contribution in [1.82, 2.24) is 13.6 Å². The molecule has 0 saturated carbocycles. The Labute approximate surface area is 134 Å². The molecule has 2 aromatic rings. The van der Waals surface area contributed by atoms with Gasteiger partial charge in [-0.2, -0.15) is 8.75 Å². The number of rotatable bonds is 2. The van der Waals surface area contributed by atoms with E-state index >= 15 is 0 Å². The minimum absolute atomic E-state index is 0.0680. The molecule has 0 fully saturated rings. The molecule has 1 aromatic heterocycles. The largest absolute Gasteiger partial charge is 0.333 e. The van der Waals surface area contributed by atoms with E-state index in [1.165, 1.54) is 16.7 Å². The summed E-state index contributed by atoms with van der Waals surface area (Å²) in [4.78, 5) is 15.4. The molecule has 1 atom stereocenters. The fourth-order valence-corrected chi connectivity index (χ4v) is 4.20. The Bertz CT molecular complexity index is 633. The van der Waals surface area contributed by atoms with Crippen molar-refractivity contribution in [2.45, 2.75) is 17.4 Å². The van der Waals surface area contributed by atoms with Gasteiger partial charge in [-0.1, -0.05) is 15.9 Å². The van der Waals surface area contributed by atoms with Crippen LogP contribution in [0.1, 0.15) is 28.5 Å². The van der Waals surface area contributed by atoms with Crippen molar-refractivity contribution in [3.8, 4) is 0 Å². The molecule has 1 aliphatic heterocycles. The summed E-state index contributed by atoms with van der Waals surface area (Å²) in [6.45, 7) is 0. The van der Waals surface area contributed by atoms with Crippen LogP contribution in [0.4, 0.5) is 0 Å². The fourth-order valence-electron chi connectivity index (χ4n) is 2.33. The monoisotopic (exact) mass is 369 g/mol. The van der Waals surface area contributed by atoms with Gasteiger partial charge in [0.15, 0.2) is 5.69 Å². The van der Waals surface area contributed by atoms with E-state index in [9.17, 15) is 4.79 Å². The van der Waals surface area contributed by atoms with Crippen LogP contribution in [0.2, 0.25) is 0 Å². The van der Waals surface area contributed by atoms with Crippen molar-refractivity contribution in [2.75, 3.05) is 12.8 Å². The maximum Gasteiger partial charge on any atom is 0.275 e. The summed E-state index contributed by atoms with van der Waals surface area (Å²) in [5.41, 5.74) is 1.63. The number of benzene rings is 1. The van der Waals surface area contributed by atoms with Crippen LogP contribution in [-0.2, 0) is 0 Å². The number of amides is 1. The first-order valence-electron chi connectivity index (χ1n) is 6.14. The molecule has 1 amide bonds. The lowest BCUT2D eigenvalue weighted by atomic mass is 10.0. The van der Waals surface area contributed by atoms with Crippen molar-refractivity contribution in [1.29, 1.82) is 0 Å². The topological polar surface area (TPSA) is 46.1 Å². The number of hydrogen-bond donors (Lipinski definition) is 0. The van der Waals surface area contributed by atoms with Crippen LogP contribution in [0.5, 0.6) is 0 Å². The molecule has 0 radical (unpaired) electrons. The van der Waals surface area contributed by atoms with Gasteiger partial charge >= 0.3 is 0 Å². The van der Waals surface area contributed by atoms with Crippen LogP contribution >= 0.6 is 39.4 Å². The third kappa shape index (κ3) is 2.62. The lowest BCUT2D eigenvalue weighted by Crippen LogP contribution is -2.33. The highest BCUT2D eigenvalue weighted by molar-refractivity contribution is 9.10. The van der Waals surface area contributed by atoms with Crippen molar-refractivity contribution < 1.29 is 4.79 Å². The smallest absolute Gasteiger partial charge is 0.275 e. The minimum atomic E-state index is -0.0680. The van der Waals surface area contributed by atoms with Crippen molar-refractivity contribution in [3.05, 3.63) is 40.1 Å². The highest BCUT2D eigenvalue weighted by Gasteiger charge is 2.28. The zero-order valence-electron chi connectivity index (χ0n) is 10.7. The Morgan fingerprint density at radius 3 is 3.10 bits per heavy atom. The molecule has 0 bridgehead atoms. The Hall–Kier alpha value is -0.920. The molecule has 20 heavy (non-hydrogen) atoms. The first-order valence-corrected chi connectivity index (χ1v) is 8.64. The third-order valence-corrected chi connectivity index (χ3v) is 5.44. The summed E-state index contributed by atoms with van der Waals surface area (Å²) in [5.74, 6) is 0.952. The van der Waals surface area contributed by atoms with Gasteiger partial charge in [0, 0.05) is 22.2 Å². The predicted octanol–water partition coefficient (Wildman–Crippen LogP) is 3.61. The normalized spacial score (nSPS) is 17.6. The summed E-state index contributed by atoms with van der Waals surface area (Å²) in [6.07, 6.45) is 2.48. The number of carbonyl (C=O) groups excluding carboxylic acids is 1. The van der Waals surface area contributed by atoms with E-state index < -0.39 is 0 Å². The average Bonchev–Trinajstić information content (AvgIpc) is 2.99. The second-order valence-electron chi connectivity index (χ2n) is 4.54. The molecule has 0 N–H and O–H groups in total. The zero-order chi connectivity index (χ0) is 14.1. The Balaban J connectivity index is 1.92. The lowest BCUT2D eigenvalue weighted by Gasteiger charge is -2.32. The summed E-state index contributed by atoms with van der Waals surface area (Å²) >= 11 is 6.41. The molecule has 0 spiro atoms. The van der Waals surface area contributed by atoms with Crippen LogP contribution in [0.3, 0.4) is 0 Å². The maximum atomic E-state index is 12.4. The van der Waals surface area contributed by atoms with Gasteiger partial charge in [-0.15, -0.1) is 11.8 Å². The van der Waals surface area contributed by atoms with Gasteiger partial charge in [0.25, 0.3) is 5.91 Å². The quantitative estimate of drug-likeness (QED) is 0.810. The molecular formula is C13H12BrN3OS2. The zero-order valence-corrected chi connectivity index (χ0v) is 14.0.